The molecular weight excluding hydrogens is 208 g/mol. The molecule has 0 radical (unpaired) electrons. The molecule has 1 aromatic carbocycles. The molecule has 1 aliphatic rings. The number of hydrogen-bond acceptors (Lipinski definition) is 2. The second-order valence-electron chi connectivity index (χ2n) is 5.29. The van der Waals surface area contributed by atoms with Crippen molar-refractivity contribution in [2.75, 3.05) is 11.4 Å². The van der Waals surface area contributed by atoms with Crippen molar-refractivity contribution in [3.05, 3.63) is 29.3 Å². The molecule has 0 aromatic heterocycles. The number of anilines is 1. The van der Waals surface area contributed by atoms with Gasteiger partial charge in [0.1, 0.15) is 0 Å². The summed E-state index contributed by atoms with van der Waals surface area (Å²) in [7, 11) is 0. The van der Waals surface area contributed by atoms with Crippen LogP contribution >= 0.6 is 0 Å². The molecule has 0 spiro atoms. The van der Waals surface area contributed by atoms with Crippen molar-refractivity contribution in [1.29, 1.82) is 5.26 Å². The Morgan fingerprint density at radius 3 is 2.71 bits per heavy atom. The first-order valence-electron chi connectivity index (χ1n) is 6.39. The van der Waals surface area contributed by atoms with Crippen LogP contribution in [0, 0.1) is 24.2 Å². The molecule has 0 bridgehead atoms. The summed E-state index contributed by atoms with van der Waals surface area (Å²) in [4.78, 5) is 2.47. The van der Waals surface area contributed by atoms with Gasteiger partial charge in [0.05, 0.1) is 11.6 Å². The quantitative estimate of drug-likeness (QED) is 0.735. The molecular formula is C15H20N2. The minimum absolute atomic E-state index is 0.610. The first kappa shape index (κ1) is 12.0. The van der Waals surface area contributed by atoms with Crippen LogP contribution in [0.15, 0.2) is 18.2 Å². The summed E-state index contributed by atoms with van der Waals surface area (Å²) in [6.45, 7) is 7.75. The number of hydrogen-bond donors (Lipinski definition) is 0. The molecule has 2 atom stereocenters. The summed E-state index contributed by atoms with van der Waals surface area (Å²) >= 11 is 0. The van der Waals surface area contributed by atoms with Gasteiger partial charge in [-0.2, -0.15) is 5.26 Å². The Morgan fingerprint density at radius 1 is 1.29 bits per heavy atom. The molecule has 1 saturated heterocycles. The molecule has 1 aliphatic heterocycles. The highest BCUT2D eigenvalue weighted by atomic mass is 15.2. The standard InChI is InChI=1S/C15H20N2/c1-11-4-5-13(3)17(10-11)15-7-6-14(9-16)12(2)8-15/h6-8,11,13H,4-5,10H2,1-3H3. The first-order valence-corrected chi connectivity index (χ1v) is 6.39. The van der Waals surface area contributed by atoms with Crippen LogP contribution in [0.5, 0.6) is 0 Å². The van der Waals surface area contributed by atoms with Crippen molar-refractivity contribution >= 4 is 5.69 Å². The topological polar surface area (TPSA) is 27.0 Å². The zero-order valence-corrected chi connectivity index (χ0v) is 10.9. The van der Waals surface area contributed by atoms with Crippen molar-refractivity contribution in [2.24, 2.45) is 5.92 Å². The average Bonchev–Trinajstić information content (AvgIpc) is 2.32. The SMILES string of the molecule is Cc1cc(N2CC(C)CCC2C)ccc1C#N. The molecule has 2 nitrogen and oxygen atoms in total. The second-order valence-corrected chi connectivity index (χ2v) is 5.29. The fourth-order valence-corrected chi connectivity index (χ4v) is 2.60. The largest absolute Gasteiger partial charge is 0.369 e. The molecule has 1 fully saturated rings. The summed E-state index contributed by atoms with van der Waals surface area (Å²) in [6.07, 6.45) is 2.59. The van der Waals surface area contributed by atoms with Crippen LogP contribution in [0.25, 0.3) is 0 Å². The van der Waals surface area contributed by atoms with Crippen LogP contribution in [0.4, 0.5) is 5.69 Å². The number of rotatable bonds is 1. The van der Waals surface area contributed by atoms with E-state index in [1.54, 1.807) is 0 Å². The highest BCUT2D eigenvalue weighted by Gasteiger charge is 2.23. The molecule has 1 aromatic rings. The molecule has 2 heteroatoms. The lowest BCUT2D eigenvalue weighted by Gasteiger charge is -2.38. The van der Waals surface area contributed by atoms with Gasteiger partial charge < -0.3 is 4.90 Å². The average molecular weight is 228 g/mol. The minimum atomic E-state index is 0.610. The van der Waals surface area contributed by atoms with E-state index in [0.717, 1.165) is 23.6 Å². The lowest BCUT2D eigenvalue weighted by atomic mass is 9.94. The zero-order valence-electron chi connectivity index (χ0n) is 10.9. The normalized spacial score (nSPS) is 24.5. The Balaban J connectivity index is 2.27. The van der Waals surface area contributed by atoms with E-state index in [1.807, 2.05) is 13.0 Å². The summed E-state index contributed by atoms with van der Waals surface area (Å²) in [6, 6.07) is 9.01. The maximum absolute atomic E-state index is 8.95. The van der Waals surface area contributed by atoms with Crippen molar-refractivity contribution in [2.45, 2.75) is 39.7 Å². The molecule has 90 valence electrons. The van der Waals surface area contributed by atoms with Gasteiger partial charge in [0.15, 0.2) is 0 Å². The van der Waals surface area contributed by atoms with Gasteiger partial charge in [-0.15, -0.1) is 0 Å². The zero-order chi connectivity index (χ0) is 12.4. The third kappa shape index (κ3) is 2.44. The van der Waals surface area contributed by atoms with E-state index in [2.05, 4.69) is 36.9 Å². The first-order chi connectivity index (χ1) is 8.11. The summed E-state index contributed by atoms with van der Waals surface area (Å²) in [5.74, 6) is 0.766. The van der Waals surface area contributed by atoms with Gasteiger partial charge in [0.25, 0.3) is 0 Å². The maximum Gasteiger partial charge on any atom is 0.0994 e. The fourth-order valence-electron chi connectivity index (χ4n) is 2.60. The fraction of sp³-hybridized carbons (Fsp3) is 0.533. The van der Waals surface area contributed by atoms with Gasteiger partial charge >= 0.3 is 0 Å². The minimum Gasteiger partial charge on any atom is -0.369 e. The van der Waals surface area contributed by atoms with Gasteiger partial charge in [-0.3, -0.25) is 0 Å². The van der Waals surface area contributed by atoms with Crippen molar-refractivity contribution < 1.29 is 0 Å². The molecule has 0 N–H and O–H groups in total. The lowest BCUT2D eigenvalue weighted by molar-refractivity contribution is 0.390. The Bertz CT molecular complexity index is 445. The number of nitriles is 1. The highest BCUT2D eigenvalue weighted by molar-refractivity contribution is 5.54. The van der Waals surface area contributed by atoms with Crippen LogP contribution < -0.4 is 4.90 Å². The van der Waals surface area contributed by atoms with Crippen LogP contribution in [0.2, 0.25) is 0 Å². The van der Waals surface area contributed by atoms with Gasteiger partial charge in [0, 0.05) is 18.3 Å². The molecule has 17 heavy (non-hydrogen) atoms. The highest BCUT2D eigenvalue weighted by Crippen LogP contribution is 2.28. The van der Waals surface area contributed by atoms with E-state index in [9.17, 15) is 0 Å². The van der Waals surface area contributed by atoms with Crippen molar-refractivity contribution in [1.82, 2.24) is 0 Å². The Morgan fingerprint density at radius 2 is 2.06 bits per heavy atom. The van der Waals surface area contributed by atoms with Gasteiger partial charge in [-0.05, 0) is 56.4 Å². The summed E-state index contributed by atoms with van der Waals surface area (Å²) < 4.78 is 0. The lowest BCUT2D eigenvalue weighted by Crippen LogP contribution is -2.41. The van der Waals surface area contributed by atoms with Crippen LogP contribution in [-0.2, 0) is 0 Å². The van der Waals surface area contributed by atoms with Crippen LogP contribution in [0.1, 0.15) is 37.8 Å². The molecule has 0 aliphatic carbocycles. The Hall–Kier alpha value is -1.49. The van der Waals surface area contributed by atoms with Gasteiger partial charge in [0.2, 0.25) is 0 Å². The monoisotopic (exact) mass is 228 g/mol. The number of benzene rings is 1. The molecule has 2 unspecified atom stereocenters. The van der Waals surface area contributed by atoms with E-state index in [0.29, 0.717) is 6.04 Å². The molecule has 2 rings (SSSR count). The smallest absolute Gasteiger partial charge is 0.0994 e. The number of piperidine rings is 1. The van der Waals surface area contributed by atoms with Gasteiger partial charge in [-0.25, -0.2) is 0 Å². The summed E-state index contributed by atoms with van der Waals surface area (Å²) in [5, 5.41) is 8.95. The number of nitrogens with zero attached hydrogens (tertiary/aromatic N) is 2. The molecule has 0 saturated carbocycles. The maximum atomic E-state index is 8.95. The predicted molar refractivity (Wildman–Crippen MR) is 71.1 cm³/mol. The predicted octanol–water partition coefficient (Wildman–Crippen LogP) is 3.49. The van der Waals surface area contributed by atoms with E-state index >= 15 is 0 Å². The summed E-state index contributed by atoms with van der Waals surface area (Å²) in [5.41, 5.74) is 3.13. The van der Waals surface area contributed by atoms with Crippen molar-refractivity contribution in [3.8, 4) is 6.07 Å². The van der Waals surface area contributed by atoms with E-state index in [-0.39, 0.29) is 0 Å². The Labute approximate surface area is 104 Å². The molecule has 1 heterocycles. The number of aryl methyl sites for hydroxylation is 1. The van der Waals surface area contributed by atoms with E-state index in [1.165, 1.54) is 18.5 Å². The van der Waals surface area contributed by atoms with Crippen molar-refractivity contribution in [3.63, 3.8) is 0 Å². The second kappa shape index (κ2) is 4.79. The Kier molecular flexibility index (Phi) is 3.38. The van der Waals surface area contributed by atoms with Gasteiger partial charge in [-0.1, -0.05) is 6.92 Å². The van der Waals surface area contributed by atoms with Crippen LogP contribution in [0.3, 0.4) is 0 Å². The molecule has 0 amide bonds. The third-order valence-electron chi connectivity index (χ3n) is 3.78. The van der Waals surface area contributed by atoms with E-state index in [4.69, 9.17) is 5.26 Å². The third-order valence-corrected chi connectivity index (χ3v) is 3.78. The van der Waals surface area contributed by atoms with Crippen LogP contribution in [-0.4, -0.2) is 12.6 Å². The van der Waals surface area contributed by atoms with E-state index < -0.39 is 0 Å².